The molecule has 0 fully saturated rings. The van der Waals surface area contributed by atoms with Crippen LogP contribution in [0.3, 0.4) is 0 Å². The average molecular weight is 974 g/mol. The lowest BCUT2D eigenvalue weighted by Crippen LogP contribution is -2.37. The monoisotopic (exact) mass is 974 g/mol. The van der Waals surface area contributed by atoms with Gasteiger partial charge in [0, 0.05) is 12.8 Å². The molecule has 0 amide bonds. The molecule has 0 aromatic carbocycles. The van der Waals surface area contributed by atoms with E-state index in [-0.39, 0.29) is 32.0 Å². The van der Waals surface area contributed by atoms with Crippen molar-refractivity contribution in [2.75, 3.05) is 47.5 Å². The van der Waals surface area contributed by atoms with Crippen LogP contribution in [-0.2, 0) is 32.7 Å². The van der Waals surface area contributed by atoms with E-state index >= 15 is 0 Å². The lowest BCUT2D eigenvalue weighted by atomic mass is 10.0. The molecular weight excluding hydrogens is 870 g/mol. The van der Waals surface area contributed by atoms with Crippen molar-refractivity contribution in [1.82, 2.24) is 0 Å². The number of phosphoric acid groups is 1. The van der Waals surface area contributed by atoms with Crippen LogP contribution in [0.2, 0.25) is 0 Å². The van der Waals surface area contributed by atoms with Crippen molar-refractivity contribution >= 4 is 19.8 Å². The highest BCUT2D eigenvalue weighted by molar-refractivity contribution is 7.45. The van der Waals surface area contributed by atoms with E-state index in [1.54, 1.807) is 0 Å². The first-order chi connectivity index (χ1) is 33.0. The summed E-state index contributed by atoms with van der Waals surface area (Å²) >= 11 is 0. The standard InChI is InChI=1S/C58H104NO8P/c1-6-8-10-12-14-15-16-17-18-19-20-21-22-23-24-25-26-27-28-29-30-31-32-33-34-35-36-37-38-39-40-41-42-43-45-47-49-51-58(61)67-56(55-66-68(62,63)65-53-52-59(3,4)5)54-64-57(60)50-48-46-44-13-11-9-7-2/h8,10,14-15,17-18,20-21,23-24,26-27,56H,6-7,9,11-13,16,19,22,25,28-55H2,1-5H3/b10-8-,15-14-,18-17-,21-20-,24-23-,27-26-. The van der Waals surface area contributed by atoms with Crippen LogP contribution in [0.1, 0.15) is 232 Å². The summed E-state index contributed by atoms with van der Waals surface area (Å²) in [5.74, 6) is -0.836. The van der Waals surface area contributed by atoms with Crippen LogP contribution in [0.25, 0.3) is 0 Å². The molecule has 0 radical (unpaired) electrons. The highest BCUT2D eigenvalue weighted by Crippen LogP contribution is 2.38. The Balaban J connectivity index is 3.88. The van der Waals surface area contributed by atoms with Crippen LogP contribution in [0.5, 0.6) is 0 Å². The molecule has 0 saturated carbocycles. The molecule has 0 aliphatic heterocycles. The predicted molar refractivity (Wildman–Crippen MR) is 286 cm³/mol. The van der Waals surface area contributed by atoms with Crippen molar-refractivity contribution in [3.63, 3.8) is 0 Å². The van der Waals surface area contributed by atoms with Gasteiger partial charge < -0.3 is 27.9 Å². The van der Waals surface area contributed by atoms with Crippen LogP contribution in [0.4, 0.5) is 0 Å². The summed E-state index contributed by atoms with van der Waals surface area (Å²) in [6, 6.07) is 0. The number of quaternary nitrogens is 1. The van der Waals surface area contributed by atoms with Crippen LogP contribution in [0, 0.1) is 0 Å². The molecule has 0 heterocycles. The second-order valence-electron chi connectivity index (χ2n) is 19.6. The third-order valence-corrected chi connectivity index (χ3v) is 12.7. The number of esters is 2. The molecule has 2 unspecified atom stereocenters. The molecule has 10 heteroatoms. The highest BCUT2D eigenvalue weighted by Gasteiger charge is 2.21. The Hall–Kier alpha value is -2.55. The van der Waals surface area contributed by atoms with E-state index in [4.69, 9.17) is 18.5 Å². The summed E-state index contributed by atoms with van der Waals surface area (Å²) in [7, 11) is 1.17. The Morgan fingerprint density at radius 3 is 1.25 bits per heavy atom. The van der Waals surface area contributed by atoms with Gasteiger partial charge in [0.1, 0.15) is 19.8 Å². The van der Waals surface area contributed by atoms with E-state index < -0.39 is 26.5 Å². The lowest BCUT2D eigenvalue weighted by Gasteiger charge is -2.28. The summed E-state index contributed by atoms with van der Waals surface area (Å²) in [6.07, 6.45) is 64.2. The minimum Gasteiger partial charge on any atom is -0.756 e. The number of unbranched alkanes of at least 4 members (excludes halogenated alkanes) is 24. The van der Waals surface area contributed by atoms with E-state index in [1.807, 2.05) is 21.1 Å². The first-order valence-electron chi connectivity index (χ1n) is 27.6. The Morgan fingerprint density at radius 2 is 0.838 bits per heavy atom. The molecule has 0 N–H and O–H groups in total. The molecule has 68 heavy (non-hydrogen) atoms. The third kappa shape index (κ3) is 52.8. The van der Waals surface area contributed by atoms with E-state index in [9.17, 15) is 19.0 Å². The minimum absolute atomic E-state index is 0.0305. The highest BCUT2D eigenvalue weighted by atomic mass is 31.2. The van der Waals surface area contributed by atoms with Gasteiger partial charge in [-0.25, -0.2) is 0 Å². The second kappa shape index (κ2) is 49.4. The van der Waals surface area contributed by atoms with Gasteiger partial charge in [-0.3, -0.25) is 14.2 Å². The number of carbonyl (C=O) groups is 2. The zero-order valence-electron chi connectivity index (χ0n) is 44.5. The van der Waals surface area contributed by atoms with Gasteiger partial charge in [0.25, 0.3) is 7.82 Å². The number of carbonyl (C=O) groups excluding carboxylic acids is 2. The summed E-state index contributed by atoms with van der Waals surface area (Å²) in [5, 5.41) is 0. The first-order valence-corrected chi connectivity index (χ1v) is 29.1. The van der Waals surface area contributed by atoms with Gasteiger partial charge in [-0.15, -0.1) is 0 Å². The molecule has 0 aromatic heterocycles. The Bertz CT molecular complexity index is 1380. The van der Waals surface area contributed by atoms with E-state index in [1.165, 1.54) is 122 Å². The van der Waals surface area contributed by atoms with Gasteiger partial charge in [0.2, 0.25) is 0 Å². The maximum absolute atomic E-state index is 12.7. The van der Waals surface area contributed by atoms with Crippen molar-refractivity contribution in [3.8, 4) is 0 Å². The number of nitrogens with zero attached hydrogens (tertiary/aromatic N) is 1. The molecule has 0 bridgehead atoms. The van der Waals surface area contributed by atoms with Crippen LogP contribution < -0.4 is 4.89 Å². The molecule has 0 aromatic rings. The number of likely N-dealkylation sites (N-methyl/N-ethyl adjacent to an activating group) is 1. The molecule has 0 saturated heterocycles. The zero-order chi connectivity index (χ0) is 49.9. The maximum atomic E-state index is 12.7. The molecule has 2 atom stereocenters. The number of allylic oxidation sites excluding steroid dienone is 12. The van der Waals surface area contributed by atoms with Gasteiger partial charge in [0.15, 0.2) is 6.10 Å². The molecule has 0 aliphatic rings. The van der Waals surface area contributed by atoms with Gasteiger partial charge in [-0.05, 0) is 64.2 Å². The molecule has 0 rings (SSSR count). The summed E-state index contributed by atoms with van der Waals surface area (Å²) in [5.41, 5.74) is 0. The molecule has 0 aliphatic carbocycles. The molecule has 0 spiro atoms. The van der Waals surface area contributed by atoms with E-state index in [0.717, 1.165) is 77.0 Å². The van der Waals surface area contributed by atoms with Gasteiger partial charge in [0.05, 0.1) is 27.7 Å². The topological polar surface area (TPSA) is 111 Å². The first kappa shape index (κ1) is 65.5. The number of rotatable bonds is 50. The van der Waals surface area contributed by atoms with Crippen molar-refractivity contribution in [2.45, 2.75) is 238 Å². The normalized spacial score (nSPS) is 13.9. The van der Waals surface area contributed by atoms with E-state index in [2.05, 4.69) is 86.8 Å². The van der Waals surface area contributed by atoms with Crippen molar-refractivity contribution < 1.29 is 42.1 Å². The summed E-state index contributed by atoms with van der Waals surface area (Å²) < 4.78 is 33.9. The van der Waals surface area contributed by atoms with Crippen LogP contribution in [0.15, 0.2) is 72.9 Å². The predicted octanol–water partition coefficient (Wildman–Crippen LogP) is 16.3. The van der Waals surface area contributed by atoms with E-state index in [0.29, 0.717) is 17.4 Å². The summed E-state index contributed by atoms with van der Waals surface area (Å²) in [4.78, 5) is 37.5. The third-order valence-electron chi connectivity index (χ3n) is 11.7. The van der Waals surface area contributed by atoms with Gasteiger partial charge >= 0.3 is 11.9 Å². The van der Waals surface area contributed by atoms with Crippen molar-refractivity contribution in [2.24, 2.45) is 0 Å². The SMILES string of the molecule is CC/C=C\C/C=C\C/C=C\C/C=C\C/C=C\C/C=C\CCCCCCCCCCCCCCCCCCCCC(=O)OC(COC(=O)CCCCCCCCC)COP(=O)([O-])OCC[N+](C)(C)C. The molecule has 9 nitrogen and oxygen atoms in total. The fourth-order valence-electron chi connectivity index (χ4n) is 7.48. The Kier molecular flexibility index (Phi) is 47.6. The van der Waals surface area contributed by atoms with Crippen LogP contribution in [-0.4, -0.2) is 70.0 Å². The fourth-order valence-corrected chi connectivity index (χ4v) is 8.21. The second-order valence-corrected chi connectivity index (χ2v) is 21.0. The smallest absolute Gasteiger partial charge is 0.306 e. The van der Waals surface area contributed by atoms with Crippen molar-refractivity contribution in [3.05, 3.63) is 72.9 Å². The number of hydrogen-bond acceptors (Lipinski definition) is 8. The molecule has 394 valence electrons. The molecular formula is C58H104NO8P. The minimum atomic E-state index is -4.62. The fraction of sp³-hybridized carbons (Fsp3) is 0.759. The zero-order valence-corrected chi connectivity index (χ0v) is 45.4. The maximum Gasteiger partial charge on any atom is 0.306 e. The largest absolute Gasteiger partial charge is 0.756 e. The van der Waals surface area contributed by atoms with Gasteiger partial charge in [-0.2, -0.15) is 0 Å². The van der Waals surface area contributed by atoms with Gasteiger partial charge in [-0.1, -0.05) is 228 Å². The number of phosphoric ester groups is 1. The van der Waals surface area contributed by atoms with Crippen LogP contribution >= 0.6 is 7.82 Å². The lowest BCUT2D eigenvalue weighted by molar-refractivity contribution is -0.870. The quantitative estimate of drug-likeness (QED) is 0.0195. The van der Waals surface area contributed by atoms with Crippen molar-refractivity contribution in [1.29, 1.82) is 0 Å². The number of ether oxygens (including phenoxy) is 2. The number of hydrogen-bond donors (Lipinski definition) is 0. The summed E-state index contributed by atoms with van der Waals surface area (Å²) in [6.45, 7) is 4.07. The Morgan fingerprint density at radius 1 is 0.471 bits per heavy atom. The Labute approximate surface area is 418 Å². The average Bonchev–Trinajstić information content (AvgIpc) is 3.30.